The van der Waals surface area contributed by atoms with E-state index in [2.05, 4.69) is 15.6 Å². The summed E-state index contributed by atoms with van der Waals surface area (Å²) in [6.45, 7) is 4.43. The number of anilines is 1. The Morgan fingerprint density at radius 2 is 2.04 bits per heavy atom. The first-order valence-electron chi connectivity index (χ1n) is 8.00. The van der Waals surface area contributed by atoms with Crippen LogP contribution in [0.25, 0.3) is 0 Å². The molecular formula is C14H21N5O5. The van der Waals surface area contributed by atoms with Gasteiger partial charge in [-0.2, -0.15) is 0 Å². The summed E-state index contributed by atoms with van der Waals surface area (Å²) in [5.74, 6) is -0.317. The van der Waals surface area contributed by atoms with Crippen molar-refractivity contribution in [3.8, 4) is 0 Å². The smallest absolute Gasteiger partial charge is 0.412 e. The van der Waals surface area contributed by atoms with Gasteiger partial charge in [0, 0.05) is 25.9 Å². The van der Waals surface area contributed by atoms with E-state index >= 15 is 0 Å². The highest BCUT2D eigenvalue weighted by molar-refractivity contribution is 5.83. The van der Waals surface area contributed by atoms with Gasteiger partial charge in [0.1, 0.15) is 6.54 Å². The van der Waals surface area contributed by atoms with E-state index in [0.717, 1.165) is 0 Å². The van der Waals surface area contributed by atoms with Crippen LogP contribution < -0.4 is 5.32 Å². The molecule has 1 aromatic heterocycles. The van der Waals surface area contributed by atoms with Crippen LogP contribution in [-0.4, -0.2) is 70.6 Å². The zero-order valence-corrected chi connectivity index (χ0v) is 13.6. The number of rotatable bonds is 4. The number of aromatic nitrogens is 3. The molecule has 2 saturated heterocycles. The second-order valence-corrected chi connectivity index (χ2v) is 5.64. The van der Waals surface area contributed by atoms with Gasteiger partial charge >= 0.3 is 6.09 Å². The molecule has 1 aromatic rings. The van der Waals surface area contributed by atoms with E-state index in [1.807, 2.05) is 0 Å². The van der Waals surface area contributed by atoms with Crippen LogP contribution in [0.3, 0.4) is 0 Å². The molecule has 0 radical (unpaired) electrons. The van der Waals surface area contributed by atoms with Crippen LogP contribution >= 0.6 is 0 Å². The van der Waals surface area contributed by atoms with Crippen molar-refractivity contribution in [3.05, 3.63) is 6.20 Å². The summed E-state index contributed by atoms with van der Waals surface area (Å²) >= 11 is 0. The highest BCUT2D eigenvalue weighted by atomic mass is 16.7. The minimum absolute atomic E-state index is 0.0598. The van der Waals surface area contributed by atoms with Gasteiger partial charge < -0.3 is 19.1 Å². The zero-order chi connectivity index (χ0) is 17.0. The molecule has 3 rings (SSSR count). The molecule has 2 aliphatic heterocycles. The molecule has 0 aliphatic carbocycles. The van der Waals surface area contributed by atoms with Crippen molar-refractivity contribution in [2.45, 2.75) is 32.1 Å². The molecule has 24 heavy (non-hydrogen) atoms. The third-order valence-electron chi connectivity index (χ3n) is 4.03. The van der Waals surface area contributed by atoms with Gasteiger partial charge in [-0.1, -0.05) is 5.21 Å². The Balaban J connectivity index is 1.48. The maximum atomic E-state index is 12.3. The number of ether oxygens (including phenoxy) is 3. The number of carbonyl (C=O) groups excluding carboxylic acids is 2. The maximum Gasteiger partial charge on any atom is 0.412 e. The molecule has 132 valence electrons. The molecule has 0 atom stereocenters. The summed E-state index contributed by atoms with van der Waals surface area (Å²) in [5.41, 5.74) is 0. The summed E-state index contributed by atoms with van der Waals surface area (Å²) in [6, 6.07) is 0. The van der Waals surface area contributed by atoms with Crippen molar-refractivity contribution in [1.29, 1.82) is 0 Å². The maximum absolute atomic E-state index is 12.3. The first-order chi connectivity index (χ1) is 11.6. The number of nitrogens with one attached hydrogen (secondary N) is 1. The van der Waals surface area contributed by atoms with Crippen molar-refractivity contribution >= 4 is 17.8 Å². The van der Waals surface area contributed by atoms with E-state index in [4.69, 9.17) is 14.2 Å². The molecule has 2 aliphatic rings. The Bertz CT molecular complexity index is 588. The van der Waals surface area contributed by atoms with Gasteiger partial charge in [0.15, 0.2) is 11.6 Å². The topological polar surface area (TPSA) is 108 Å². The summed E-state index contributed by atoms with van der Waals surface area (Å²) < 4.78 is 17.4. The molecule has 0 saturated carbocycles. The molecule has 0 unspecified atom stereocenters. The Labute approximate surface area is 139 Å². The number of carbonyl (C=O) groups is 2. The van der Waals surface area contributed by atoms with Gasteiger partial charge in [-0.25, -0.2) is 9.48 Å². The number of likely N-dealkylation sites (tertiary alicyclic amines) is 1. The third-order valence-corrected chi connectivity index (χ3v) is 4.03. The van der Waals surface area contributed by atoms with Crippen molar-refractivity contribution in [2.75, 3.05) is 38.2 Å². The van der Waals surface area contributed by atoms with Gasteiger partial charge in [-0.3, -0.25) is 10.1 Å². The van der Waals surface area contributed by atoms with Gasteiger partial charge in [0.2, 0.25) is 5.91 Å². The van der Waals surface area contributed by atoms with Crippen molar-refractivity contribution in [3.63, 3.8) is 0 Å². The Morgan fingerprint density at radius 3 is 2.71 bits per heavy atom. The lowest BCUT2D eigenvalue weighted by Gasteiger charge is -2.37. The van der Waals surface area contributed by atoms with E-state index in [0.29, 0.717) is 39.1 Å². The molecule has 10 heteroatoms. The lowest BCUT2D eigenvalue weighted by Crippen LogP contribution is -2.48. The lowest BCUT2D eigenvalue weighted by atomic mass is 10.0. The number of nitrogens with zero attached hydrogens (tertiary/aromatic N) is 4. The van der Waals surface area contributed by atoms with Crippen LogP contribution in [-0.2, 0) is 25.5 Å². The van der Waals surface area contributed by atoms with Crippen LogP contribution in [0.1, 0.15) is 19.8 Å². The first-order valence-corrected chi connectivity index (χ1v) is 8.00. The van der Waals surface area contributed by atoms with Gasteiger partial charge in [0.25, 0.3) is 0 Å². The van der Waals surface area contributed by atoms with E-state index in [1.165, 1.54) is 10.9 Å². The largest absolute Gasteiger partial charge is 0.450 e. The monoisotopic (exact) mass is 339 g/mol. The first kappa shape index (κ1) is 16.7. The van der Waals surface area contributed by atoms with E-state index < -0.39 is 11.9 Å². The fourth-order valence-electron chi connectivity index (χ4n) is 2.83. The fraction of sp³-hybridized carbons (Fsp3) is 0.714. The van der Waals surface area contributed by atoms with Crippen LogP contribution in [0.5, 0.6) is 0 Å². The minimum Gasteiger partial charge on any atom is -0.450 e. The molecular weight excluding hydrogens is 318 g/mol. The molecule has 0 bridgehead atoms. The highest BCUT2D eigenvalue weighted by Crippen LogP contribution is 2.31. The number of amides is 2. The fourth-order valence-corrected chi connectivity index (χ4v) is 2.83. The van der Waals surface area contributed by atoms with Crippen LogP contribution in [0.2, 0.25) is 0 Å². The minimum atomic E-state index is -0.603. The molecule has 2 amide bonds. The van der Waals surface area contributed by atoms with Gasteiger partial charge in [-0.05, 0) is 6.92 Å². The molecule has 10 nitrogen and oxygen atoms in total. The average Bonchev–Trinajstić information content (AvgIpc) is 3.18. The molecule has 1 spiro atoms. The summed E-state index contributed by atoms with van der Waals surface area (Å²) in [4.78, 5) is 25.4. The molecule has 0 aromatic carbocycles. The number of piperidine rings is 1. The van der Waals surface area contributed by atoms with Crippen LogP contribution in [0.15, 0.2) is 6.20 Å². The second kappa shape index (κ2) is 7.14. The third kappa shape index (κ3) is 3.82. The number of hydrogen-bond donors (Lipinski definition) is 1. The van der Waals surface area contributed by atoms with Crippen LogP contribution in [0, 0.1) is 0 Å². The highest BCUT2D eigenvalue weighted by Gasteiger charge is 2.40. The van der Waals surface area contributed by atoms with Crippen molar-refractivity contribution in [2.24, 2.45) is 0 Å². The number of hydrogen-bond acceptors (Lipinski definition) is 7. The van der Waals surface area contributed by atoms with Gasteiger partial charge in [0.05, 0.1) is 26.0 Å². The predicted molar refractivity (Wildman–Crippen MR) is 81.1 cm³/mol. The zero-order valence-electron chi connectivity index (χ0n) is 13.6. The van der Waals surface area contributed by atoms with Crippen LogP contribution in [0.4, 0.5) is 10.6 Å². The predicted octanol–water partition coefficient (Wildman–Crippen LogP) is 0.212. The van der Waals surface area contributed by atoms with Gasteiger partial charge in [-0.15, -0.1) is 5.10 Å². The Kier molecular flexibility index (Phi) is 4.95. The van der Waals surface area contributed by atoms with Crippen molar-refractivity contribution < 1.29 is 23.8 Å². The standard InChI is InChI=1S/C14H21N5O5/c1-2-22-13(21)15-11-9-19(17-16-11)10-12(20)18-5-3-14(4-6-18)23-7-8-24-14/h9H,2-8,10H2,1H3,(H,15,21). The van der Waals surface area contributed by atoms with E-state index in [9.17, 15) is 9.59 Å². The summed E-state index contributed by atoms with van der Waals surface area (Å²) in [7, 11) is 0. The SMILES string of the molecule is CCOC(=O)Nc1cn(CC(=O)N2CCC3(CC2)OCCO3)nn1. The molecule has 1 N–H and O–H groups in total. The Hall–Kier alpha value is -2.20. The van der Waals surface area contributed by atoms with E-state index in [-0.39, 0.29) is 24.9 Å². The average molecular weight is 339 g/mol. The second-order valence-electron chi connectivity index (χ2n) is 5.64. The molecule has 2 fully saturated rings. The summed E-state index contributed by atoms with van der Waals surface area (Å²) in [6.07, 6.45) is 2.23. The normalized spacial score (nSPS) is 19.5. The molecule has 3 heterocycles. The van der Waals surface area contributed by atoms with E-state index in [1.54, 1.807) is 11.8 Å². The van der Waals surface area contributed by atoms with Crippen molar-refractivity contribution in [1.82, 2.24) is 19.9 Å². The lowest BCUT2D eigenvalue weighted by molar-refractivity contribution is -0.187. The summed E-state index contributed by atoms with van der Waals surface area (Å²) in [5, 5.41) is 10.1. The quantitative estimate of drug-likeness (QED) is 0.835. The Morgan fingerprint density at radius 1 is 1.33 bits per heavy atom.